The normalized spacial score (nSPS) is 19.0. The van der Waals surface area contributed by atoms with Crippen LogP contribution in [0.1, 0.15) is 30.1 Å². The van der Waals surface area contributed by atoms with E-state index in [4.69, 9.17) is 11.6 Å². The highest BCUT2D eigenvalue weighted by Crippen LogP contribution is 2.34. The molecule has 2 aromatic rings. The first-order chi connectivity index (χ1) is 10.7. The molecule has 3 rings (SSSR count). The van der Waals surface area contributed by atoms with E-state index >= 15 is 0 Å². The molecular formula is C17H17ClN4. The Morgan fingerprint density at radius 3 is 2.77 bits per heavy atom. The molecule has 0 radical (unpaired) electrons. The zero-order chi connectivity index (χ0) is 15.5. The Morgan fingerprint density at radius 1 is 1.32 bits per heavy atom. The van der Waals surface area contributed by atoms with Crippen molar-refractivity contribution in [1.82, 2.24) is 9.97 Å². The number of rotatable bonds is 3. The Kier molecular flexibility index (Phi) is 4.26. The smallest absolute Gasteiger partial charge is 0.134 e. The first-order valence-corrected chi connectivity index (χ1v) is 7.79. The molecule has 2 unspecified atom stereocenters. The number of aryl methyl sites for hydroxylation is 1. The number of hydrogen-bond donors (Lipinski definition) is 0. The summed E-state index contributed by atoms with van der Waals surface area (Å²) in [6, 6.07) is 14.3. The van der Waals surface area contributed by atoms with Crippen LogP contribution in [0.5, 0.6) is 0 Å². The van der Waals surface area contributed by atoms with Gasteiger partial charge in [-0.3, -0.25) is 0 Å². The summed E-state index contributed by atoms with van der Waals surface area (Å²) in [7, 11) is 0. The Morgan fingerprint density at radius 2 is 2.09 bits per heavy atom. The first kappa shape index (κ1) is 14.8. The summed E-state index contributed by atoms with van der Waals surface area (Å²) in [5.74, 6) is 1.30. The van der Waals surface area contributed by atoms with Gasteiger partial charge in [0.25, 0.3) is 0 Å². The van der Waals surface area contributed by atoms with Gasteiger partial charge in [-0.1, -0.05) is 41.9 Å². The van der Waals surface area contributed by atoms with Crippen molar-refractivity contribution in [3.05, 3.63) is 52.9 Å². The lowest BCUT2D eigenvalue weighted by Crippen LogP contribution is -2.34. The summed E-state index contributed by atoms with van der Waals surface area (Å²) < 4.78 is 0. The predicted octanol–water partition coefficient (Wildman–Crippen LogP) is 3.71. The van der Waals surface area contributed by atoms with Gasteiger partial charge >= 0.3 is 0 Å². The summed E-state index contributed by atoms with van der Waals surface area (Å²) in [5, 5.41) is 10.1. The van der Waals surface area contributed by atoms with Crippen LogP contribution in [0.3, 0.4) is 0 Å². The molecule has 0 bridgehead atoms. The van der Waals surface area contributed by atoms with E-state index in [0.717, 1.165) is 30.8 Å². The molecule has 1 aromatic heterocycles. The van der Waals surface area contributed by atoms with E-state index < -0.39 is 0 Å². The molecule has 0 N–H and O–H groups in total. The molecule has 0 amide bonds. The third-order valence-corrected chi connectivity index (χ3v) is 4.26. The van der Waals surface area contributed by atoms with E-state index in [0.29, 0.717) is 11.0 Å². The molecule has 0 spiro atoms. The second-order valence-corrected chi connectivity index (χ2v) is 5.90. The van der Waals surface area contributed by atoms with Gasteiger partial charge in [-0.2, -0.15) is 5.26 Å². The average Bonchev–Trinajstić information content (AvgIpc) is 2.97. The molecule has 0 saturated carbocycles. The van der Waals surface area contributed by atoms with E-state index in [2.05, 4.69) is 20.9 Å². The topological polar surface area (TPSA) is 52.8 Å². The molecule has 1 aliphatic heterocycles. The van der Waals surface area contributed by atoms with Crippen LogP contribution in [-0.4, -0.2) is 22.6 Å². The predicted molar refractivity (Wildman–Crippen MR) is 86.9 cm³/mol. The molecule has 22 heavy (non-hydrogen) atoms. The molecule has 2 heterocycles. The molecule has 1 saturated heterocycles. The molecule has 2 atom stereocenters. The highest BCUT2D eigenvalue weighted by Gasteiger charge is 2.33. The number of nitrogens with zero attached hydrogens (tertiary/aromatic N) is 4. The standard InChI is InChI=1S/C17H17ClN4/c1-12-20-16(18)10-17(21-12)22-9-5-8-15(22)14(11-19)13-6-3-2-4-7-13/h2-4,6-7,10,14-15H,5,8-9H2,1H3. The minimum absolute atomic E-state index is 0.123. The maximum atomic E-state index is 9.68. The second kappa shape index (κ2) is 6.33. The quantitative estimate of drug-likeness (QED) is 0.811. The lowest BCUT2D eigenvalue weighted by Gasteiger charge is -2.29. The molecule has 0 aliphatic carbocycles. The molecule has 112 valence electrons. The van der Waals surface area contributed by atoms with Crippen molar-refractivity contribution in [3.63, 3.8) is 0 Å². The fourth-order valence-electron chi connectivity index (χ4n) is 3.13. The van der Waals surface area contributed by atoms with Crippen LogP contribution in [0.25, 0.3) is 0 Å². The number of aromatic nitrogens is 2. The minimum atomic E-state index is -0.169. The minimum Gasteiger partial charge on any atom is -0.352 e. The summed E-state index contributed by atoms with van der Waals surface area (Å²) in [5.41, 5.74) is 1.05. The van der Waals surface area contributed by atoms with Crippen LogP contribution in [0.4, 0.5) is 5.82 Å². The van der Waals surface area contributed by atoms with Gasteiger partial charge in [0.05, 0.1) is 18.0 Å². The van der Waals surface area contributed by atoms with Gasteiger partial charge in [0.15, 0.2) is 0 Å². The van der Waals surface area contributed by atoms with Gasteiger partial charge < -0.3 is 4.90 Å². The first-order valence-electron chi connectivity index (χ1n) is 7.41. The highest BCUT2D eigenvalue weighted by atomic mass is 35.5. The third-order valence-electron chi connectivity index (χ3n) is 4.07. The van der Waals surface area contributed by atoms with Crippen molar-refractivity contribution in [3.8, 4) is 6.07 Å². The average molecular weight is 313 g/mol. The molecule has 4 nitrogen and oxygen atoms in total. The summed E-state index contributed by atoms with van der Waals surface area (Å²) in [6.07, 6.45) is 2.03. The van der Waals surface area contributed by atoms with Crippen molar-refractivity contribution in [2.24, 2.45) is 0 Å². The lowest BCUT2D eigenvalue weighted by atomic mass is 9.91. The van der Waals surface area contributed by atoms with Gasteiger partial charge in [-0.25, -0.2) is 9.97 Å². The highest BCUT2D eigenvalue weighted by molar-refractivity contribution is 6.29. The number of hydrogen-bond acceptors (Lipinski definition) is 4. The van der Waals surface area contributed by atoms with E-state index in [1.165, 1.54) is 0 Å². The summed E-state index contributed by atoms with van der Waals surface area (Å²) >= 11 is 6.06. The maximum absolute atomic E-state index is 9.68. The fraction of sp³-hybridized carbons (Fsp3) is 0.353. The van der Waals surface area contributed by atoms with E-state index in [1.807, 2.05) is 37.3 Å². The number of halogens is 1. The third kappa shape index (κ3) is 2.90. The summed E-state index contributed by atoms with van der Waals surface area (Å²) in [4.78, 5) is 10.8. The van der Waals surface area contributed by atoms with Crippen LogP contribution >= 0.6 is 11.6 Å². The van der Waals surface area contributed by atoms with Gasteiger partial charge in [0.1, 0.15) is 16.8 Å². The van der Waals surface area contributed by atoms with Crippen LogP contribution in [-0.2, 0) is 0 Å². The van der Waals surface area contributed by atoms with Crippen LogP contribution in [0.2, 0.25) is 5.15 Å². The summed E-state index contributed by atoms with van der Waals surface area (Å²) in [6.45, 7) is 2.72. The van der Waals surface area contributed by atoms with Gasteiger partial charge in [0, 0.05) is 12.6 Å². The number of benzene rings is 1. The van der Waals surface area contributed by atoms with Gasteiger partial charge in [-0.05, 0) is 25.3 Å². The maximum Gasteiger partial charge on any atom is 0.134 e. The largest absolute Gasteiger partial charge is 0.352 e. The van der Waals surface area contributed by atoms with Crippen molar-refractivity contribution >= 4 is 17.4 Å². The van der Waals surface area contributed by atoms with E-state index in [1.54, 1.807) is 6.07 Å². The molecule has 5 heteroatoms. The second-order valence-electron chi connectivity index (χ2n) is 5.52. The zero-order valence-electron chi connectivity index (χ0n) is 12.4. The van der Waals surface area contributed by atoms with E-state index in [9.17, 15) is 5.26 Å². The van der Waals surface area contributed by atoms with Crippen molar-refractivity contribution in [1.29, 1.82) is 5.26 Å². The Hall–Kier alpha value is -2.12. The Labute approximate surface area is 135 Å². The SMILES string of the molecule is Cc1nc(Cl)cc(N2CCCC2C(C#N)c2ccccc2)n1. The molecule has 1 fully saturated rings. The number of anilines is 1. The molecule has 1 aliphatic rings. The molecule has 1 aromatic carbocycles. The van der Waals surface area contributed by atoms with E-state index in [-0.39, 0.29) is 12.0 Å². The monoisotopic (exact) mass is 312 g/mol. The lowest BCUT2D eigenvalue weighted by molar-refractivity contribution is 0.606. The Balaban J connectivity index is 1.94. The number of nitriles is 1. The van der Waals surface area contributed by atoms with Crippen molar-refractivity contribution < 1.29 is 0 Å². The van der Waals surface area contributed by atoms with Crippen LogP contribution in [0, 0.1) is 18.3 Å². The van der Waals surface area contributed by atoms with Crippen molar-refractivity contribution in [2.45, 2.75) is 31.7 Å². The zero-order valence-corrected chi connectivity index (χ0v) is 13.2. The Bertz CT molecular complexity index is 675. The van der Waals surface area contributed by atoms with Gasteiger partial charge in [0.2, 0.25) is 0 Å². The molecular weight excluding hydrogens is 296 g/mol. The van der Waals surface area contributed by atoms with Crippen LogP contribution < -0.4 is 4.90 Å². The van der Waals surface area contributed by atoms with Gasteiger partial charge in [-0.15, -0.1) is 0 Å². The van der Waals surface area contributed by atoms with Crippen LogP contribution in [0.15, 0.2) is 36.4 Å². The fourth-order valence-corrected chi connectivity index (χ4v) is 3.35. The van der Waals surface area contributed by atoms with Crippen molar-refractivity contribution in [2.75, 3.05) is 11.4 Å².